The minimum atomic E-state index is -0.451. The number of fused-ring (bicyclic) bond motifs is 1. The Morgan fingerprint density at radius 3 is 2.79 bits per heavy atom. The molecule has 194 valence electrons. The zero-order valence-electron chi connectivity index (χ0n) is 21.2. The fourth-order valence-corrected chi connectivity index (χ4v) is 8.66. The van der Waals surface area contributed by atoms with Gasteiger partial charge in [0.1, 0.15) is 16.9 Å². The number of nitriles is 1. The Morgan fingerprint density at radius 2 is 2.03 bits per heavy atom. The van der Waals surface area contributed by atoms with Crippen molar-refractivity contribution in [3.8, 4) is 6.07 Å². The van der Waals surface area contributed by atoms with E-state index in [1.807, 2.05) is 0 Å². The summed E-state index contributed by atoms with van der Waals surface area (Å²) >= 11 is 0. The lowest BCUT2D eigenvalue weighted by Gasteiger charge is -2.68. The number of hydrogen-bond acceptors (Lipinski definition) is 8. The minimum Gasteiger partial charge on any atom is -0.463 e. The normalized spacial score (nSPS) is 42.6. The van der Waals surface area contributed by atoms with Crippen LogP contribution in [-0.4, -0.2) is 68.4 Å². The summed E-state index contributed by atoms with van der Waals surface area (Å²) in [4.78, 5) is 38.4. The lowest BCUT2D eigenvalue weighted by molar-refractivity contribution is -0.152. The van der Waals surface area contributed by atoms with Crippen LogP contribution in [0, 0.1) is 40.4 Å². The largest absolute Gasteiger partial charge is 0.463 e. The number of nitrogens with one attached hydrogen (secondary N) is 2. The van der Waals surface area contributed by atoms with Crippen LogP contribution >= 0.6 is 0 Å². The second-order valence-electron chi connectivity index (χ2n) is 12.8. The van der Waals surface area contributed by atoms with E-state index in [-0.39, 0.29) is 28.7 Å². The highest BCUT2D eigenvalue weighted by Gasteiger charge is 2.81. The van der Waals surface area contributed by atoms with Gasteiger partial charge in [-0.15, -0.1) is 0 Å². The molecule has 10 nitrogen and oxygen atoms in total. The topological polar surface area (TPSA) is 132 Å². The van der Waals surface area contributed by atoms with Gasteiger partial charge in [0, 0.05) is 55.1 Å². The standard InChI is InChI=1S/C28H30N8O2/c29-11-16-7-17(16)13-38-25-33-22-24(37)34-27-8-18(9-27)20(27)10-26(22)14-28(26,35-25)36-5-1-15(2-6-36)19-12-32-23-21(19)30-3-4-31-23/h3-4,12,15-18,20H,1-2,5-10,13-14H2,(H,31,32)(H,34,37)/t16-,17+,18?,20?,26?,27?,28?/m0/s1. The summed E-state index contributed by atoms with van der Waals surface area (Å²) in [5.74, 6) is 1.98. The van der Waals surface area contributed by atoms with Gasteiger partial charge < -0.3 is 15.0 Å². The van der Waals surface area contributed by atoms with Gasteiger partial charge in [-0.25, -0.2) is 9.98 Å². The van der Waals surface area contributed by atoms with Crippen LogP contribution in [0.15, 0.2) is 28.6 Å². The van der Waals surface area contributed by atoms with Crippen molar-refractivity contribution in [2.75, 3.05) is 19.7 Å². The van der Waals surface area contributed by atoms with Gasteiger partial charge in [-0.1, -0.05) is 0 Å². The molecule has 0 radical (unpaired) electrons. The summed E-state index contributed by atoms with van der Waals surface area (Å²) in [5.41, 5.74) is 2.92. The van der Waals surface area contributed by atoms with Crippen LogP contribution in [0.1, 0.15) is 56.4 Å². The maximum atomic E-state index is 13.6. The van der Waals surface area contributed by atoms with E-state index >= 15 is 0 Å². The summed E-state index contributed by atoms with van der Waals surface area (Å²) in [6.07, 6.45) is 12.5. The molecule has 2 bridgehead atoms. The molecule has 5 saturated carbocycles. The molecule has 5 aliphatic carbocycles. The summed E-state index contributed by atoms with van der Waals surface area (Å²) < 4.78 is 6.11. The van der Waals surface area contributed by atoms with E-state index in [0.29, 0.717) is 30.2 Å². The van der Waals surface area contributed by atoms with E-state index in [9.17, 15) is 10.1 Å². The number of amidine groups is 1. The molecular weight excluding hydrogens is 480 g/mol. The number of aliphatic imine (C=N–C) groups is 2. The molecule has 10 rings (SSSR count). The van der Waals surface area contributed by atoms with Gasteiger partial charge in [0.25, 0.3) is 5.91 Å². The molecule has 2 N–H and O–H groups in total. The molecule has 8 aliphatic rings. The van der Waals surface area contributed by atoms with Crippen molar-refractivity contribution in [3.05, 3.63) is 24.2 Å². The maximum Gasteiger partial charge on any atom is 0.314 e. The fraction of sp³-hybridized carbons (Fsp3) is 0.643. The highest BCUT2D eigenvalue weighted by atomic mass is 16.5. The van der Waals surface area contributed by atoms with Gasteiger partial charge in [-0.05, 0) is 56.3 Å². The Morgan fingerprint density at radius 1 is 1.18 bits per heavy atom. The van der Waals surface area contributed by atoms with E-state index in [4.69, 9.17) is 14.7 Å². The molecule has 5 heterocycles. The van der Waals surface area contributed by atoms with Crippen LogP contribution in [0.25, 0.3) is 11.2 Å². The summed E-state index contributed by atoms with van der Waals surface area (Å²) in [5, 5.41) is 12.6. The predicted molar refractivity (Wildman–Crippen MR) is 137 cm³/mol. The van der Waals surface area contributed by atoms with E-state index < -0.39 is 5.66 Å². The molecule has 1 amide bonds. The first-order chi connectivity index (χ1) is 18.5. The molecule has 3 unspecified atom stereocenters. The molecular formula is C28H30N8O2. The molecule has 2 saturated heterocycles. The first-order valence-electron chi connectivity index (χ1n) is 14.1. The van der Waals surface area contributed by atoms with Gasteiger partial charge >= 0.3 is 6.02 Å². The number of amides is 1. The Balaban J connectivity index is 1.02. The third kappa shape index (κ3) is 2.63. The first-order valence-corrected chi connectivity index (χ1v) is 14.1. The van der Waals surface area contributed by atoms with Crippen LogP contribution in [0.5, 0.6) is 0 Å². The third-order valence-electron chi connectivity index (χ3n) is 11.1. The van der Waals surface area contributed by atoms with Crippen molar-refractivity contribution in [1.82, 2.24) is 25.2 Å². The van der Waals surface area contributed by atoms with Gasteiger partial charge in [0.05, 0.1) is 24.0 Å². The first kappa shape index (κ1) is 21.6. The number of carbonyl (C=O) groups excluding carboxylic acids is 1. The Kier molecular flexibility index (Phi) is 3.98. The third-order valence-corrected chi connectivity index (χ3v) is 11.1. The van der Waals surface area contributed by atoms with E-state index in [1.54, 1.807) is 12.4 Å². The van der Waals surface area contributed by atoms with Gasteiger partial charge in [0.15, 0.2) is 5.65 Å². The summed E-state index contributed by atoms with van der Waals surface area (Å²) in [7, 11) is 0. The van der Waals surface area contributed by atoms with E-state index in [0.717, 1.165) is 75.1 Å². The van der Waals surface area contributed by atoms with Gasteiger partial charge in [0.2, 0.25) is 0 Å². The van der Waals surface area contributed by atoms with Crippen molar-refractivity contribution < 1.29 is 9.53 Å². The Labute approximate surface area is 220 Å². The van der Waals surface area contributed by atoms with Crippen LogP contribution in [0.3, 0.4) is 0 Å². The number of H-pyrrole nitrogens is 1. The van der Waals surface area contributed by atoms with Crippen molar-refractivity contribution in [1.29, 1.82) is 5.26 Å². The summed E-state index contributed by atoms with van der Waals surface area (Å²) in [6, 6.07) is 2.66. The molecule has 38 heavy (non-hydrogen) atoms. The van der Waals surface area contributed by atoms with Crippen LogP contribution < -0.4 is 5.32 Å². The van der Waals surface area contributed by atoms with Crippen LogP contribution in [-0.2, 0) is 9.53 Å². The zero-order chi connectivity index (χ0) is 25.3. The molecule has 2 aromatic heterocycles. The lowest BCUT2D eigenvalue weighted by Crippen LogP contribution is -2.74. The zero-order valence-corrected chi connectivity index (χ0v) is 21.2. The van der Waals surface area contributed by atoms with Gasteiger partial charge in [-0.2, -0.15) is 10.3 Å². The number of ether oxygens (including phenoxy) is 1. The van der Waals surface area contributed by atoms with Crippen molar-refractivity contribution in [3.63, 3.8) is 0 Å². The SMILES string of the molecule is N#C[C@@H]1C[C@@H]1COC1=NC2(N3CCC(c4c[nH]c5nccnc45)CC3)CC23CC2C4CC2(C4)NC(=O)C3=N1. The fourth-order valence-electron chi connectivity index (χ4n) is 8.66. The Bertz CT molecular complexity index is 1490. The van der Waals surface area contributed by atoms with E-state index in [2.05, 4.69) is 37.4 Å². The van der Waals surface area contributed by atoms with E-state index in [1.165, 1.54) is 5.56 Å². The number of hydrogen-bond donors (Lipinski definition) is 2. The molecule has 10 heteroatoms. The average molecular weight is 511 g/mol. The Hall–Kier alpha value is -3.32. The molecule has 5 atom stereocenters. The predicted octanol–water partition coefficient (Wildman–Crippen LogP) is 2.51. The quantitative estimate of drug-likeness (QED) is 0.650. The highest BCUT2D eigenvalue weighted by Crippen LogP contribution is 2.74. The molecule has 7 fully saturated rings. The van der Waals surface area contributed by atoms with Gasteiger partial charge in [-0.3, -0.25) is 14.7 Å². The van der Waals surface area contributed by atoms with Crippen LogP contribution in [0.4, 0.5) is 0 Å². The number of carbonyl (C=O) groups is 1. The number of aromatic nitrogens is 3. The molecule has 0 aromatic carbocycles. The number of nitrogens with zero attached hydrogens (tertiary/aromatic N) is 6. The number of aromatic amines is 1. The number of likely N-dealkylation sites (tertiary alicyclic amines) is 1. The van der Waals surface area contributed by atoms with Crippen LogP contribution in [0.2, 0.25) is 0 Å². The number of piperidine rings is 1. The monoisotopic (exact) mass is 510 g/mol. The lowest BCUT2D eigenvalue weighted by atomic mass is 9.41. The van der Waals surface area contributed by atoms with Crippen molar-refractivity contribution >= 4 is 28.8 Å². The highest BCUT2D eigenvalue weighted by molar-refractivity contribution is 6.44. The number of rotatable bonds is 4. The smallest absolute Gasteiger partial charge is 0.314 e. The summed E-state index contributed by atoms with van der Waals surface area (Å²) in [6.45, 7) is 2.25. The second-order valence-corrected chi connectivity index (χ2v) is 12.8. The minimum absolute atomic E-state index is 0.0108. The van der Waals surface area contributed by atoms with Crippen molar-refractivity contribution in [2.24, 2.45) is 39.1 Å². The van der Waals surface area contributed by atoms with Crippen molar-refractivity contribution in [2.45, 2.75) is 62.1 Å². The average Bonchev–Trinajstić information content (AvgIpc) is 3.79. The molecule has 2 spiro atoms. The maximum absolute atomic E-state index is 13.6. The second kappa shape index (κ2) is 7.00. The molecule has 3 aliphatic heterocycles. The molecule has 2 aromatic rings.